The van der Waals surface area contributed by atoms with Crippen LogP contribution in [0.15, 0.2) is 60.7 Å². The van der Waals surface area contributed by atoms with E-state index in [2.05, 4.69) is 5.32 Å². The van der Waals surface area contributed by atoms with E-state index in [0.29, 0.717) is 35.9 Å². The van der Waals surface area contributed by atoms with E-state index in [1.54, 1.807) is 13.0 Å². The number of aromatic nitrogens is 1. The molecule has 0 saturated carbocycles. The Morgan fingerprint density at radius 1 is 1.09 bits per heavy atom. The molecule has 32 heavy (non-hydrogen) atoms. The van der Waals surface area contributed by atoms with Crippen LogP contribution in [-0.2, 0) is 16.1 Å². The second-order valence-corrected chi connectivity index (χ2v) is 7.50. The van der Waals surface area contributed by atoms with Crippen molar-refractivity contribution in [1.29, 1.82) is 0 Å². The van der Waals surface area contributed by atoms with Crippen LogP contribution < -0.4 is 14.8 Å². The molecule has 1 aromatic heterocycles. The lowest BCUT2D eigenvalue weighted by molar-refractivity contribution is -0.122. The van der Waals surface area contributed by atoms with Gasteiger partial charge in [0.05, 0.1) is 18.7 Å². The van der Waals surface area contributed by atoms with Crippen molar-refractivity contribution in [3.8, 4) is 22.8 Å². The van der Waals surface area contributed by atoms with Gasteiger partial charge in [-0.15, -0.1) is 0 Å². The number of carbonyl (C=O) groups excluding carboxylic acids is 2. The number of nitrogens with one attached hydrogen (secondary N) is 1. The van der Waals surface area contributed by atoms with Gasteiger partial charge in [0.15, 0.2) is 11.5 Å². The molecule has 166 valence electrons. The van der Waals surface area contributed by atoms with Gasteiger partial charge in [0, 0.05) is 11.4 Å². The fraction of sp³-hybridized carbons (Fsp3) is 0.280. The number of fused-ring (bicyclic) bond motifs is 1. The first-order chi connectivity index (χ1) is 15.6. The minimum Gasteiger partial charge on any atom is -0.486 e. The number of hydrogen-bond acceptors (Lipinski definition) is 5. The number of carbonyl (C=O) groups is 2. The molecule has 1 amide bonds. The Morgan fingerprint density at radius 3 is 2.56 bits per heavy atom. The first-order valence-electron chi connectivity index (χ1n) is 10.6. The molecule has 1 aliphatic rings. The van der Waals surface area contributed by atoms with E-state index >= 15 is 0 Å². The molecule has 7 nitrogen and oxygen atoms in total. The Labute approximate surface area is 186 Å². The fourth-order valence-corrected chi connectivity index (χ4v) is 3.70. The zero-order chi connectivity index (χ0) is 22.5. The summed E-state index contributed by atoms with van der Waals surface area (Å²) in [4.78, 5) is 25.2. The van der Waals surface area contributed by atoms with Crippen LogP contribution in [0.2, 0.25) is 0 Å². The average molecular weight is 434 g/mol. The highest BCUT2D eigenvalue weighted by Gasteiger charge is 2.23. The highest BCUT2D eigenvalue weighted by molar-refractivity contribution is 5.93. The molecule has 0 aliphatic carbocycles. The lowest BCUT2D eigenvalue weighted by Gasteiger charge is -2.26. The molecule has 1 N–H and O–H groups in total. The molecular weight excluding hydrogens is 408 g/mol. The number of benzene rings is 2. The maximum Gasteiger partial charge on any atom is 0.339 e. The van der Waals surface area contributed by atoms with Crippen molar-refractivity contribution in [3.63, 3.8) is 0 Å². The van der Waals surface area contributed by atoms with Crippen LogP contribution in [-0.4, -0.2) is 42.3 Å². The third-order valence-electron chi connectivity index (χ3n) is 5.33. The predicted octanol–water partition coefficient (Wildman–Crippen LogP) is 3.60. The van der Waals surface area contributed by atoms with E-state index in [-0.39, 0.29) is 25.2 Å². The van der Waals surface area contributed by atoms with Crippen molar-refractivity contribution in [1.82, 2.24) is 9.88 Å². The van der Waals surface area contributed by atoms with Crippen molar-refractivity contribution in [2.24, 2.45) is 0 Å². The van der Waals surface area contributed by atoms with Crippen LogP contribution >= 0.6 is 0 Å². The maximum atomic E-state index is 12.8. The van der Waals surface area contributed by atoms with Gasteiger partial charge in [0.2, 0.25) is 5.91 Å². The summed E-state index contributed by atoms with van der Waals surface area (Å²) in [6.07, 6.45) is -0.275. The first-order valence-corrected chi connectivity index (χ1v) is 10.6. The van der Waals surface area contributed by atoms with Crippen molar-refractivity contribution in [2.45, 2.75) is 26.5 Å². The molecule has 3 aromatic rings. The normalized spacial score (nSPS) is 14.6. The summed E-state index contributed by atoms with van der Waals surface area (Å²) in [5, 5.41) is 2.92. The van der Waals surface area contributed by atoms with Gasteiger partial charge in [-0.2, -0.15) is 0 Å². The van der Waals surface area contributed by atoms with Crippen molar-refractivity contribution in [3.05, 3.63) is 71.9 Å². The molecule has 2 aromatic carbocycles. The van der Waals surface area contributed by atoms with Gasteiger partial charge in [-0.3, -0.25) is 4.79 Å². The Morgan fingerprint density at radius 2 is 1.81 bits per heavy atom. The topological polar surface area (TPSA) is 78.8 Å². The highest BCUT2D eigenvalue weighted by Crippen LogP contribution is 2.30. The maximum absolute atomic E-state index is 12.8. The second-order valence-electron chi connectivity index (χ2n) is 7.50. The van der Waals surface area contributed by atoms with Gasteiger partial charge >= 0.3 is 5.97 Å². The van der Waals surface area contributed by atoms with E-state index in [9.17, 15) is 9.59 Å². The Hall–Kier alpha value is -3.74. The molecule has 0 saturated heterocycles. The summed E-state index contributed by atoms with van der Waals surface area (Å²) >= 11 is 0. The molecule has 7 heteroatoms. The lowest BCUT2D eigenvalue weighted by Crippen LogP contribution is -2.41. The first kappa shape index (κ1) is 21.5. The van der Waals surface area contributed by atoms with Gasteiger partial charge in [-0.25, -0.2) is 4.79 Å². The highest BCUT2D eigenvalue weighted by atomic mass is 16.6. The predicted molar refractivity (Wildman–Crippen MR) is 120 cm³/mol. The molecule has 2 heterocycles. The average Bonchev–Trinajstić information content (AvgIpc) is 3.14. The van der Waals surface area contributed by atoms with Crippen LogP contribution in [0, 0.1) is 6.92 Å². The Bertz CT molecular complexity index is 1110. The molecule has 0 spiro atoms. The zero-order valence-corrected chi connectivity index (χ0v) is 18.2. The smallest absolute Gasteiger partial charge is 0.339 e. The Balaban J connectivity index is 1.48. The van der Waals surface area contributed by atoms with Gasteiger partial charge in [-0.05, 0) is 37.6 Å². The van der Waals surface area contributed by atoms with E-state index in [0.717, 1.165) is 11.3 Å². The summed E-state index contributed by atoms with van der Waals surface area (Å²) in [7, 11) is 0. The second kappa shape index (κ2) is 9.60. The summed E-state index contributed by atoms with van der Waals surface area (Å²) in [5.41, 5.74) is 2.84. The number of hydrogen-bond donors (Lipinski definition) is 1. The largest absolute Gasteiger partial charge is 0.486 e. The number of ether oxygens (including phenoxy) is 3. The van der Waals surface area contributed by atoms with E-state index in [1.165, 1.54) is 0 Å². The quantitative estimate of drug-likeness (QED) is 0.575. The standard InChI is InChI=1S/C25H26N2O5/c1-3-30-25(29)20-13-21(18-9-5-4-6-10-18)27(17(20)2)15-24(28)26-14-19-16-31-22-11-7-8-12-23(22)32-19/h4-13,19H,3,14-16H2,1-2H3,(H,26,28)/t19-/m0/s1. The van der Waals surface area contributed by atoms with Crippen LogP contribution in [0.5, 0.6) is 11.5 Å². The summed E-state index contributed by atoms with van der Waals surface area (Å²) in [5.74, 6) is 0.799. The molecule has 0 radical (unpaired) electrons. The zero-order valence-electron chi connectivity index (χ0n) is 18.2. The van der Waals surface area contributed by atoms with Gasteiger partial charge in [-0.1, -0.05) is 42.5 Å². The number of rotatable bonds is 7. The van der Waals surface area contributed by atoms with Gasteiger partial charge in [0.25, 0.3) is 0 Å². The number of para-hydroxylation sites is 2. The van der Waals surface area contributed by atoms with Crippen LogP contribution in [0.4, 0.5) is 0 Å². The number of nitrogens with zero attached hydrogens (tertiary/aromatic N) is 1. The Kier molecular flexibility index (Phi) is 6.44. The van der Waals surface area contributed by atoms with E-state index in [4.69, 9.17) is 14.2 Å². The molecule has 0 bridgehead atoms. The number of amides is 1. The summed E-state index contributed by atoms with van der Waals surface area (Å²) in [6, 6.07) is 18.9. The molecule has 4 rings (SSSR count). The van der Waals surface area contributed by atoms with E-state index < -0.39 is 5.97 Å². The molecular formula is C25H26N2O5. The van der Waals surface area contributed by atoms with Crippen LogP contribution in [0.25, 0.3) is 11.3 Å². The summed E-state index contributed by atoms with van der Waals surface area (Å²) < 4.78 is 18.6. The van der Waals surface area contributed by atoms with Crippen molar-refractivity contribution in [2.75, 3.05) is 19.8 Å². The fourth-order valence-electron chi connectivity index (χ4n) is 3.70. The van der Waals surface area contributed by atoms with Crippen molar-refractivity contribution >= 4 is 11.9 Å². The van der Waals surface area contributed by atoms with Gasteiger partial charge < -0.3 is 24.1 Å². The SMILES string of the molecule is CCOC(=O)c1cc(-c2ccccc2)n(CC(=O)NC[C@H]2COc3ccccc3O2)c1C. The molecule has 0 fully saturated rings. The van der Waals surface area contributed by atoms with Crippen LogP contribution in [0.1, 0.15) is 23.0 Å². The minimum atomic E-state index is -0.396. The lowest BCUT2D eigenvalue weighted by atomic mass is 10.1. The van der Waals surface area contributed by atoms with Crippen molar-refractivity contribution < 1.29 is 23.8 Å². The van der Waals surface area contributed by atoms with E-state index in [1.807, 2.05) is 66.1 Å². The molecule has 1 aliphatic heterocycles. The minimum absolute atomic E-state index is 0.0691. The number of esters is 1. The third kappa shape index (κ3) is 4.61. The molecule has 0 unspecified atom stereocenters. The summed E-state index contributed by atoms with van der Waals surface area (Å²) in [6.45, 7) is 4.63. The third-order valence-corrected chi connectivity index (χ3v) is 5.33. The molecule has 1 atom stereocenters. The van der Waals surface area contributed by atoms with Crippen LogP contribution in [0.3, 0.4) is 0 Å². The monoisotopic (exact) mass is 434 g/mol. The van der Waals surface area contributed by atoms with Gasteiger partial charge in [0.1, 0.15) is 19.3 Å².